The molecule has 0 aliphatic carbocycles. The lowest BCUT2D eigenvalue weighted by Crippen LogP contribution is -2.50. The van der Waals surface area contributed by atoms with E-state index in [1.165, 1.54) is 27.6 Å². The van der Waals surface area contributed by atoms with Crippen LogP contribution in [0.3, 0.4) is 0 Å². The molecule has 2 aromatic heterocycles. The highest BCUT2D eigenvalue weighted by Gasteiger charge is 2.44. The quantitative estimate of drug-likeness (QED) is 0.293. The summed E-state index contributed by atoms with van der Waals surface area (Å²) in [5.41, 5.74) is 2.76. The number of piperidine rings is 1. The summed E-state index contributed by atoms with van der Waals surface area (Å²) in [5, 5.41) is 8.84. The normalized spacial score (nSPS) is 18.9. The minimum atomic E-state index is -1.52. The Morgan fingerprint density at radius 2 is 1.83 bits per heavy atom. The van der Waals surface area contributed by atoms with E-state index in [2.05, 4.69) is 10.2 Å². The number of carbonyl (C=O) groups excluding carboxylic acids is 1. The summed E-state index contributed by atoms with van der Waals surface area (Å²) in [6, 6.07) is 7.08. The van der Waals surface area contributed by atoms with Crippen LogP contribution in [0.5, 0.6) is 0 Å². The van der Waals surface area contributed by atoms with Crippen molar-refractivity contribution in [3.63, 3.8) is 0 Å². The third kappa shape index (κ3) is 3.42. The molecule has 4 heterocycles. The number of rotatable bonds is 3. The Hall–Kier alpha value is -3.95. The standard InChI is InChI=1S/C26H21F4N5O/c1-33-25(14-10-19(28)23(30)20(29)11-14)18-13-16-4-2-5-22(24(18)32-33)35(16)26(36)17-12-15(27)6-7-21(17)34-9-3-8-31-34/h3,6-12,16,22H,2,4-5,13H2,1H3/t16-,22+/m0/s1. The maximum absolute atomic E-state index is 14.3. The largest absolute Gasteiger partial charge is 0.327 e. The van der Waals surface area contributed by atoms with Crippen molar-refractivity contribution < 1.29 is 22.4 Å². The number of halogens is 4. The van der Waals surface area contributed by atoms with Gasteiger partial charge in [-0.1, -0.05) is 0 Å². The first-order valence-corrected chi connectivity index (χ1v) is 11.7. The van der Waals surface area contributed by atoms with Crippen LogP contribution in [0.4, 0.5) is 17.6 Å². The molecule has 2 bridgehead atoms. The van der Waals surface area contributed by atoms with E-state index in [-0.39, 0.29) is 29.1 Å². The second-order valence-electron chi connectivity index (χ2n) is 9.22. The summed E-state index contributed by atoms with van der Waals surface area (Å²) in [7, 11) is 1.66. The first kappa shape index (κ1) is 22.5. The second-order valence-corrected chi connectivity index (χ2v) is 9.22. The van der Waals surface area contributed by atoms with Crippen LogP contribution in [0.1, 0.15) is 46.9 Å². The lowest BCUT2D eigenvalue weighted by atomic mass is 9.81. The number of aryl methyl sites for hydroxylation is 1. The molecule has 0 saturated carbocycles. The highest BCUT2D eigenvalue weighted by molar-refractivity contribution is 5.98. The smallest absolute Gasteiger partial charge is 0.256 e. The number of fused-ring (bicyclic) bond motifs is 4. The second kappa shape index (κ2) is 8.32. The van der Waals surface area contributed by atoms with Crippen molar-refractivity contribution in [3.8, 4) is 16.9 Å². The minimum Gasteiger partial charge on any atom is -0.327 e. The van der Waals surface area contributed by atoms with Crippen molar-refractivity contribution in [2.24, 2.45) is 7.05 Å². The van der Waals surface area contributed by atoms with Gasteiger partial charge in [0.05, 0.1) is 28.7 Å². The van der Waals surface area contributed by atoms with Gasteiger partial charge in [-0.05, 0) is 62.1 Å². The molecular formula is C26H21F4N5O. The Morgan fingerprint density at radius 1 is 1.06 bits per heavy atom. The van der Waals surface area contributed by atoms with Crippen LogP contribution in [-0.2, 0) is 13.5 Å². The van der Waals surface area contributed by atoms with E-state index >= 15 is 0 Å². The molecule has 2 aliphatic heterocycles. The Labute approximate surface area is 203 Å². The van der Waals surface area contributed by atoms with Gasteiger partial charge in [0.15, 0.2) is 17.5 Å². The van der Waals surface area contributed by atoms with Gasteiger partial charge >= 0.3 is 0 Å². The molecule has 184 valence electrons. The number of benzene rings is 2. The highest BCUT2D eigenvalue weighted by atomic mass is 19.2. The summed E-state index contributed by atoms with van der Waals surface area (Å²) >= 11 is 0. The van der Waals surface area contributed by atoms with Crippen molar-refractivity contribution in [1.29, 1.82) is 0 Å². The zero-order valence-corrected chi connectivity index (χ0v) is 19.3. The summed E-state index contributed by atoms with van der Waals surface area (Å²) in [6.45, 7) is 0. The molecule has 10 heteroatoms. The van der Waals surface area contributed by atoms with Crippen LogP contribution in [0, 0.1) is 23.3 Å². The van der Waals surface area contributed by atoms with Crippen LogP contribution in [-0.4, -0.2) is 36.4 Å². The predicted molar refractivity (Wildman–Crippen MR) is 122 cm³/mol. The molecular weight excluding hydrogens is 474 g/mol. The number of hydrogen-bond donors (Lipinski definition) is 0. The molecule has 1 saturated heterocycles. The van der Waals surface area contributed by atoms with Crippen molar-refractivity contribution >= 4 is 5.91 Å². The van der Waals surface area contributed by atoms with Gasteiger partial charge in [-0.3, -0.25) is 9.48 Å². The molecule has 6 rings (SSSR count). The first-order valence-electron chi connectivity index (χ1n) is 11.7. The minimum absolute atomic E-state index is 0.187. The van der Waals surface area contributed by atoms with Crippen LogP contribution in [0.2, 0.25) is 0 Å². The average molecular weight is 495 g/mol. The van der Waals surface area contributed by atoms with Crippen LogP contribution in [0.25, 0.3) is 16.9 Å². The summed E-state index contributed by atoms with van der Waals surface area (Å²) < 4.78 is 59.0. The van der Waals surface area contributed by atoms with E-state index in [9.17, 15) is 22.4 Å². The summed E-state index contributed by atoms with van der Waals surface area (Å²) in [4.78, 5) is 15.7. The average Bonchev–Trinajstić information content (AvgIpc) is 3.49. The number of amides is 1. The maximum atomic E-state index is 14.3. The van der Waals surface area contributed by atoms with E-state index in [1.54, 1.807) is 30.4 Å². The Bertz CT molecular complexity index is 1470. The fraction of sp³-hybridized carbons (Fsp3) is 0.269. The van der Waals surface area contributed by atoms with Gasteiger partial charge in [0, 0.05) is 36.6 Å². The van der Waals surface area contributed by atoms with E-state index in [4.69, 9.17) is 0 Å². The van der Waals surface area contributed by atoms with Crippen molar-refractivity contribution in [3.05, 3.63) is 88.9 Å². The molecule has 6 nitrogen and oxygen atoms in total. The van der Waals surface area contributed by atoms with Crippen LogP contribution >= 0.6 is 0 Å². The Balaban J connectivity index is 1.45. The molecule has 1 amide bonds. The van der Waals surface area contributed by atoms with Gasteiger partial charge in [-0.15, -0.1) is 0 Å². The van der Waals surface area contributed by atoms with E-state index in [0.29, 0.717) is 36.3 Å². The van der Waals surface area contributed by atoms with Crippen molar-refractivity contribution in [2.45, 2.75) is 37.8 Å². The van der Waals surface area contributed by atoms with Crippen LogP contribution < -0.4 is 0 Å². The zero-order chi connectivity index (χ0) is 25.1. The van der Waals surface area contributed by atoms with Crippen molar-refractivity contribution in [2.75, 3.05) is 0 Å². The molecule has 2 aliphatic rings. The van der Waals surface area contributed by atoms with E-state index < -0.39 is 23.3 Å². The lowest BCUT2D eigenvalue weighted by molar-refractivity contribution is 0.0391. The van der Waals surface area contributed by atoms with Gasteiger partial charge in [0.2, 0.25) is 0 Å². The Morgan fingerprint density at radius 3 is 2.56 bits per heavy atom. The number of nitrogens with zero attached hydrogens (tertiary/aromatic N) is 5. The molecule has 0 unspecified atom stereocenters. The Kier molecular flexibility index (Phi) is 5.20. The zero-order valence-electron chi connectivity index (χ0n) is 19.3. The van der Waals surface area contributed by atoms with Gasteiger partial charge in [-0.2, -0.15) is 10.2 Å². The topological polar surface area (TPSA) is 56.0 Å². The number of carbonyl (C=O) groups is 1. The third-order valence-electron chi connectivity index (χ3n) is 7.11. The van der Waals surface area contributed by atoms with Crippen LogP contribution in [0.15, 0.2) is 48.8 Å². The van der Waals surface area contributed by atoms with Gasteiger partial charge in [0.25, 0.3) is 5.91 Å². The molecule has 36 heavy (non-hydrogen) atoms. The SMILES string of the molecule is Cn1nc2c(c1-c1cc(F)c(F)c(F)c1)C[C@@H]1CCC[C@H]2N1C(=O)c1cc(F)ccc1-n1cccn1. The van der Waals surface area contributed by atoms with E-state index in [0.717, 1.165) is 24.1 Å². The maximum Gasteiger partial charge on any atom is 0.256 e. The fourth-order valence-corrected chi connectivity index (χ4v) is 5.63. The molecule has 4 aromatic rings. The first-order chi connectivity index (χ1) is 17.3. The van der Waals surface area contributed by atoms with Crippen molar-refractivity contribution in [1.82, 2.24) is 24.5 Å². The van der Waals surface area contributed by atoms with Gasteiger partial charge in [-0.25, -0.2) is 22.2 Å². The summed E-state index contributed by atoms with van der Waals surface area (Å²) in [5.74, 6) is -4.93. The monoisotopic (exact) mass is 495 g/mol. The lowest BCUT2D eigenvalue weighted by Gasteiger charge is -2.45. The molecule has 0 spiro atoms. The highest BCUT2D eigenvalue weighted by Crippen LogP contribution is 2.45. The fourth-order valence-electron chi connectivity index (χ4n) is 5.63. The van der Waals surface area contributed by atoms with E-state index in [1.807, 2.05) is 0 Å². The van der Waals surface area contributed by atoms with Gasteiger partial charge in [0.1, 0.15) is 5.82 Å². The number of aromatic nitrogens is 4. The molecule has 1 fully saturated rings. The molecule has 2 aromatic carbocycles. The third-order valence-corrected chi connectivity index (χ3v) is 7.11. The predicted octanol–water partition coefficient (Wildman–Crippen LogP) is 5.12. The molecule has 2 atom stereocenters. The summed E-state index contributed by atoms with van der Waals surface area (Å²) in [6.07, 6.45) is 5.91. The molecule has 0 N–H and O–H groups in total. The molecule has 0 radical (unpaired) electrons. The number of hydrogen-bond acceptors (Lipinski definition) is 3. The van der Waals surface area contributed by atoms with Gasteiger partial charge < -0.3 is 4.90 Å².